The predicted molar refractivity (Wildman–Crippen MR) is 186 cm³/mol. The van der Waals surface area contributed by atoms with E-state index in [9.17, 15) is 0 Å². The maximum absolute atomic E-state index is 2.59. The molecule has 0 aromatic heterocycles. The molecule has 4 aromatic rings. The first-order valence-electron chi connectivity index (χ1n) is 15.5. The van der Waals surface area contributed by atoms with Crippen LogP contribution in [0.15, 0.2) is 96.1 Å². The van der Waals surface area contributed by atoms with Gasteiger partial charge in [0.1, 0.15) is 0 Å². The van der Waals surface area contributed by atoms with Crippen LogP contribution in [0.4, 0.5) is 0 Å². The summed E-state index contributed by atoms with van der Waals surface area (Å²) < 4.78 is 0. The Morgan fingerprint density at radius 3 is 1.21 bits per heavy atom. The first kappa shape index (κ1) is 28.7. The molecule has 2 unspecified atom stereocenters. The van der Waals surface area contributed by atoms with Gasteiger partial charge in [-0.25, -0.2) is 0 Å². The molecule has 1 radical (unpaired) electrons. The van der Waals surface area contributed by atoms with Gasteiger partial charge in [-0.05, 0) is 91.4 Å². The van der Waals surface area contributed by atoms with Crippen molar-refractivity contribution in [1.29, 1.82) is 0 Å². The van der Waals surface area contributed by atoms with E-state index in [4.69, 9.17) is 0 Å². The van der Waals surface area contributed by atoms with Gasteiger partial charge >= 0.3 is 0 Å². The molecule has 0 saturated heterocycles. The third kappa shape index (κ3) is 4.76. The van der Waals surface area contributed by atoms with Gasteiger partial charge in [-0.15, -0.1) is 0 Å². The topological polar surface area (TPSA) is 0 Å². The SMILES string of the molecule is CC1=Cc2c(-c3ccccc3C(C)(C)C)cccc2C1[Si](C)C1C(C)=Cc2c(-c3ccccc3C(C)(C)C)cccc21. The molecule has 2 aliphatic rings. The minimum atomic E-state index is -0.874. The molecule has 0 aliphatic heterocycles. The highest BCUT2D eigenvalue weighted by atomic mass is 28.3. The highest BCUT2D eigenvalue weighted by Crippen LogP contribution is 2.50. The zero-order valence-corrected chi connectivity index (χ0v) is 27.9. The van der Waals surface area contributed by atoms with Crippen molar-refractivity contribution < 1.29 is 0 Å². The number of hydrogen-bond acceptors (Lipinski definition) is 0. The van der Waals surface area contributed by atoms with Crippen molar-refractivity contribution >= 4 is 20.9 Å². The summed E-state index contributed by atoms with van der Waals surface area (Å²) in [6.45, 7) is 21.3. The summed E-state index contributed by atoms with van der Waals surface area (Å²) in [7, 11) is -0.874. The van der Waals surface area contributed by atoms with Crippen LogP contribution in [0.25, 0.3) is 34.4 Å². The smallest absolute Gasteiger partial charge is 0.0695 e. The number of benzene rings is 4. The van der Waals surface area contributed by atoms with Gasteiger partial charge < -0.3 is 0 Å². The second-order valence-electron chi connectivity index (χ2n) is 14.6. The molecule has 42 heavy (non-hydrogen) atoms. The molecule has 2 atom stereocenters. The first-order chi connectivity index (χ1) is 19.9. The van der Waals surface area contributed by atoms with Crippen LogP contribution in [-0.4, -0.2) is 8.80 Å². The van der Waals surface area contributed by atoms with Gasteiger partial charge in [0.2, 0.25) is 0 Å². The average Bonchev–Trinajstić information content (AvgIpc) is 3.47. The normalized spacial score (nSPS) is 18.1. The van der Waals surface area contributed by atoms with Gasteiger partial charge in [0, 0.05) is 0 Å². The van der Waals surface area contributed by atoms with E-state index in [1.807, 2.05) is 0 Å². The third-order valence-electron chi connectivity index (χ3n) is 9.52. The number of hydrogen-bond donors (Lipinski definition) is 0. The zero-order valence-electron chi connectivity index (χ0n) is 26.9. The minimum Gasteiger partial charge on any atom is -0.0695 e. The van der Waals surface area contributed by atoms with Gasteiger partial charge in [0.15, 0.2) is 0 Å². The molecule has 6 rings (SSSR count). The summed E-state index contributed by atoms with van der Waals surface area (Å²) in [4.78, 5) is 0. The molecule has 0 heterocycles. The van der Waals surface area contributed by atoms with Crippen LogP contribution < -0.4 is 0 Å². The molecule has 1 heteroatoms. The molecule has 0 amide bonds. The van der Waals surface area contributed by atoms with Crippen LogP contribution in [0.2, 0.25) is 6.55 Å². The van der Waals surface area contributed by atoms with Gasteiger partial charge in [-0.3, -0.25) is 0 Å². The fourth-order valence-corrected chi connectivity index (χ4v) is 11.1. The Morgan fingerprint density at radius 2 is 0.833 bits per heavy atom. The molecule has 0 N–H and O–H groups in total. The lowest BCUT2D eigenvalue weighted by Crippen LogP contribution is -2.28. The molecular weight excluding hydrogens is 521 g/mol. The largest absolute Gasteiger partial charge is 0.0717 e. The van der Waals surface area contributed by atoms with Crippen molar-refractivity contribution in [2.45, 2.75) is 83.8 Å². The molecule has 4 aromatic carbocycles. The lowest BCUT2D eigenvalue weighted by atomic mass is 9.81. The van der Waals surface area contributed by atoms with Gasteiger partial charge in [0.05, 0.1) is 8.80 Å². The summed E-state index contributed by atoms with van der Waals surface area (Å²) >= 11 is 0. The van der Waals surface area contributed by atoms with Gasteiger partial charge in [0.25, 0.3) is 0 Å². The van der Waals surface area contributed by atoms with E-state index in [0.717, 1.165) is 0 Å². The molecular formula is C41H45Si. The molecule has 0 nitrogen and oxygen atoms in total. The second kappa shape index (κ2) is 10.4. The second-order valence-corrected chi connectivity index (χ2v) is 17.2. The van der Waals surface area contributed by atoms with Crippen molar-refractivity contribution in [2.75, 3.05) is 0 Å². The van der Waals surface area contributed by atoms with Crippen LogP contribution in [0, 0.1) is 0 Å². The Bertz CT molecular complexity index is 1600. The Balaban J connectivity index is 1.43. The molecule has 213 valence electrons. The van der Waals surface area contributed by atoms with E-state index in [1.54, 1.807) is 0 Å². The van der Waals surface area contributed by atoms with E-state index in [0.29, 0.717) is 11.1 Å². The fourth-order valence-electron chi connectivity index (χ4n) is 7.69. The molecule has 0 spiro atoms. The maximum Gasteiger partial charge on any atom is 0.0717 e. The van der Waals surface area contributed by atoms with Crippen LogP contribution in [0.3, 0.4) is 0 Å². The van der Waals surface area contributed by atoms with Crippen LogP contribution >= 0.6 is 0 Å². The lowest BCUT2D eigenvalue weighted by Gasteiger charge is -2.29. The number of rotatable bonds is 4. The summed E-state index contributed by atoms with van der Waals surface area (Å²) in [6.07, 6.45) is 5.02. The summed E-state index contributed by atoms with van der Waals surface area (Å²) in [5, 5.41) is 0. The minimum absolute atomic E-state index is 0.0918. The number of fused-ring (bicyclic) bond motifs is 2. The quantitative estimate of drug-likeness (QED) is 0.216. The van der Waals surface area contributed by atoms with Crippen LogP contribution in [-0.2, 0) is 10.8 Å². The molecule has 0 fully saturated rings. The summed E-state index contributed by atoms with van der Waals surface area (Å²) in [5.74, 6) is 0. The van der Waals surface area contributed by atoms with Crippen molar-refractivity contribution in [2.24, 2.45) is 0 Å². The molecule has 0 bridgehead atoms. The van der Waals surface area contributed by atoms with E-state index in [2.05, 4.69) is 159 Å². The van der Waals surface area contributed by atoms with E-state index in [1.165, 1.54) is 66.8 Å². The van der Waals surface area contributed by atoms with Crippen LogP contribution in [0.5, 0.6) is 0 Å². The third-order valence-corrected chi connectivity index (χ3v) is 12.9. The standard InChI is InChI=1S/C41H45Si/c1-26-24-34-28(30-16-10-12-22-36(30)40(3,4)5)18-14-20-32(34)38(26)42(9)39-27(2)25-35-29(19-15-21-33(35)39)31-17-11-13-23-37(31)41(6,7)8/h10-25,38-39H,1-9H3. The van der Waals surface area contributed by atoms with Gasteiger partial charge in [-0.2, -0.15) is 0 Å². The maximum atomic E-state index is 2.59. The first-order valence-corrected chi connectivity index (χ1v) is 17.7. The summed E-state index contributed by atoms with van der Waals surface area (Å²) in [5.41, 5.74) is 18.5. The summed E-state index contributed by atoms with van der Waals surface area (Å²) in [6, 6.07) is 32.1. The Morgan fingerprint density at radius 1 is 0.476 bits per heavy atom. The zero-order chi connectivity index (χ0) is 30.0. The predicted octanol–water partition coefficient (Wildman–Crippen LogP) is 11.5. The van der Waals surface area contributed by atoms with Gasteiger partial charge in [-0.1, -0.05) is 156 Å². The van der Waals surface area contributed by atoms with E-state index in [-0.39, 0.29) is 10.8 Å². The van der Waals surface area contributed by atoms with Crippen molar-refractivity contribution in [3.8, 4) is 22.3 Å². The Labute approximate surface area is 255 Å². The van der Waals surface area contributed by atoms with E-state index >= 15 is 0 Å². The Hall–Kier alpha value is -3.42. The highest BCUT2D eigenvalue weighted by molar-refractivity contribution is 6.63. The molecule has 2 aliphatic carbocycles. The average molecular weight is 566 g/mol. The number of allylic oxidation sites excluding steroid dienone is 2. The van der Waals surface area contributed by atoms with Crippen molar-refractivity contribution in [3.05, 3.63) is 129 Å². The lowest BCUT2D eigenvalue weighted by molar-refractivity contribution is 0.591. The van der Waals surface area contributed by atoms with Crippen molar-refractivity contribution in [1.82, 2.24) is 0 Å². The van der Waals surface area contributed by atoms with E-state index < -0.39 is 8.80 Å². The highest BCUT2D eigenvalue weighted by Gasteiger charge is 2.39. The fraction of sp³-hybridized carbons (Fsp3) is 0.317. The molecule has 0 saturated carbocycles. The monoisotopic (exact) mass is 565 g/mol. The van der Waals surface area contributed by atoms with Crippen LogP contribution in [0.1, 0.15) is 99.9 Å². The van der Waals surface area contributed by atoms with Crippen molar-refractivity contribution in [3.63, 3.8) is 0 Å². The Kier molecular flexibility index (Phi) is 7.09.